The van der Waals surface area contributed by atoms with Crippen molar-refractivity contribution in [1.29, 1.82) is 0 Å². The van der Waals surface area contributed by atoms with Gasteiger partial charge in [0.1, 0.15) is 5.60 Å². The normalized spacial score (nSPS) is 11.8. The van der Waals surface area contributed by atoms with Gasteiger partial charge >= 0.3 is 6.09 Å². The first-order valence-electron chi connectivity index (χ1n) is 5.70. The van der Waals surface area contributed by atoms with Gasteiger partial charge in [-0.2, -0.15) is 0 Å². The smallest absolute Gasteiger partial charge is 0.415 e. The van der Waals surface area contributed by atoms with E-state index in [1.807, 2.05) is 51.3 Å². The molecule has 0 unspecified atom stereocenters. The Kier molecular flexibility index (Phi) is 5.41. The quantitative estimate of drug-likeness (QED) is 0.742. The molecule has 1 rings (SSSR count). The fraction of sp³-hybridized carbons (Fsp3) is 0.462. The Morgan fingerprint density at radius 2 is 2.22 bits per heavy atom. The standard InChI is InChI=1S/C13H18BrNO2S/c1-5-6-8-15(10-7-9-18-11(10)14)12(16)17-13(2,3)4/h5-7,9H,8H2,1-4H3/b6-5+. The Morgan fingerprint density at radius 3 is 2.67 bits per heavy atom. The molecule has 18 heavy (non-hydrogen) atoms. The summed E-state index contributed by atoms with van der Waals surface area (Å²) in [6, 6.07) is 1.90. The third kappa shape index (κ3) is 4.46. The summed E-state index contributed by atoms with van der Waals surface area (Å²) in [7, 11) is 0. The van der Waals surface area contributed by atoms with Crippen LogP contribution in [-0.4, -0.2) is 18.2 Å². The summed E-state index contributed by atoms with van der Waals surface area (Å²) < 4.78 is 6.34. The van der Waals surface area contributed by atoms with Crippen LogP contribution in [-0.2, 0) is 4.74 Å². The lowest BCUT2D eigenvalue weighted by molar-refractivity contribution is 0.0584. The van der Waals surface area contributed by atoms with E-state index >= 15 is 0 Å². The molecule has 0 fully saturated rings. The molecule has 0 saturated carbocycles. The minimum absolute atomic E-state index is 0.334. The molecule has 1 amide bonds. The molecule has 0 spiro atoms. The number of thiophene rings is 1. The SMILES string of the molecule is C/C=C/CN(C(=O)OC(C)(C)C)c1ccsc1Br. The van der Waals surface area contributed by atoms with Gasteiger partial charge in [0.2, 0.25) is 0 Å². The van der Waals surface area contributed by atoms with Gasteiger partial charge in [0.25, 0.3) is 0 Å². The molecule has 1 aromatic heterocycles. The van der Waals surface area contributed by atoms with Crippen molar-refractivity contribution in [2.45, 2.75) is 33.3 Å². The molecule has 0 aliphatic rings. The maximum atomic E-state index is 12.2. The van der Waals surface area contributed by atoms with Crippen molar-refractivity contribution in [2.75, 3.05) is 11.4 Å². The first-order valence-corrected chi connectivity index (χ1v) is 7.37. The van der Waals surface area contributed by atoms with Crippen LogP contribution < -0.4 is 4.90 Å². The number of rotatable bonds is 3. The van der Waals surface area contributed by atoms with Gasteiger partial charge in [0.15, 0.2) is 0 Å². The van der Waals surface area contributed by atoms with Crippen LogP contribution in [0.25, 0.3) is 0 Å². The maximum absolute atomic E-state index is 12.2. The predicted molar refractivity (Wildman–Crippen MR) is 80.4 cm³/mol. The number of hydrogen-bond acceptors (Lipinski definition) is 3. The molecular weight excluding hydrogens is 314 g/mol. The van der Waals surface area contributed by atoms with Crippen LogP contribution in [0.5, 0.6) is 0 Å². The van der Waals surface area contributed by atoms with Gasteiger partial charge in [-0.25, -0.2) is 4.79 Å². The minimum atomic E-state index is -0.492. The summed E-state index contributed by atoms with van der Waals surface area (Å²) in [4.78, 5) is 13.8. The van der Waals surface area contributed by atoms with E-state index in [0.717, 1.165) is 9.47 Å². The number of ether oxygens (including phenoxy) is 1. The monoisotopic (exact) mass is 331 g/mol. The average molecular weight is 332 g/mol. The summed E-state index contributed by atoms with van der Waals surface area (Å²) in [5.41, 5.74) is 0.348. The zero-order chi connectivity index (χ0) is 13.8. The van der Waals surface area contributed by atoms with Crippen molar-refractivity contribution >= 4 is 39.0 Å². The molecule has 0 atom stereocenters. The van der Waals surface area contributed by atoms with Crippen molar-refractivity contribution in [1.82, 2.24) is 0 Å². The van der Waals surface area contributed by atoms with E-state index < -0.39 is 5.60 Å². The molecular formula is C13H18BrNO2S. The lowest BCUT2D eigenvalue weighted by Gasteiger charge is -2.26. The number of hydrogen-bond donors (Lipinski definition) is 0. The number of amides is 1. The summed E-state index contributed by atoms with van der Waals surface area (Å²) in [6.07, 6.45) is 3.51. The Morgan fingerprint density at radius 1 is 1.56 bits per heavy atom. The molecule has 100 valence electrons. The third-order valence-corrected chi connectivity index (χ3v) is 3.68. The van der Waals surface area contributed by atoms with E-state index in [0.29, 0.717) is 6.54 Å². The lowest BCUT2D eigenvalue weighted by Crippen LogP contribution is -2.37. The Hall–Kier alpha value is -0.810. The van der Waals surface area contributed by atoms with Gasteiger partial charge < -0.3 is 4.74 Å². The van der Waals surface area contributed by atoms with Crippen LogP contribution in [0.2, 0.25) is 0 Å². The molecule has 1 aromatic rings. The third-order valence-electron chi connectivity index (χ3n) is 2.03. The Balaban J connectivity index is 2.92. The highest BCUT2D eigenvalue weighted by atomic mass is 79.9. The number of halogens is 1. The largest absolute Gasteiger partial charge is 0.443 e. The molecule has 3 nitrogen and oxygen atoms in total. The van der Waals surface area contributed by atoms with Crippen molar-refractivity contribution in [2.24, 2.45) is 0 Å². The van der Waals surface area contributed by atoms with Crippen molar-refractivity contribution < 1.29 is 9.53 Å². The van der Waals surface area contributed by atoms with Gasteiger partial charge in [0, 0.05) is 6.54 Å². The number of allylic oxidation sites excluding steroid dienone is 1. The summed E-state index contributed by atoms with van der Waals surface area (Å²) in [5.74, 6) is 0. The van der Waals surface area contributed by atoms with Crippen LogP contribution in [0.1, 0.15) is 27.7 Å². The van der Waals surface area contributed by atoms with Crippen molar-refractivity contribution in [3.63, 3.8) is 0 Å². The van der Waals surface area contributed by atoms with Gasteiger partial charge in [0.05, 0.1) is 9.47 Å². The van der Waals surface area contributed by atoms with E-state index in [4.69, 9.17) is 4.74 Å². The summed E-state index contributed by atoms with van der Waals surface area (Å²) in [5, 5.41) is 1.94. The molecule has 0 aliphatic heterocycles. The Labute approximate surface area is 121 Å². The highest BCUT2D eigenvalue weighted by Crippen LogP contribution is 2.32. The number of nitrogens with zero attached hydrogens (tertiary/aromatic N) is 1. The van der Waals surface area contributed by atoms with Crippen molar-refractivity contribution in [3.8, 4) is 0 Å². The summed E-state index contributed by atoms with van der Waals surface area (Å²) >= 11 is 5.00. The molecule has 0 aromatic carbocycles. The van der Waals surface area contributed by atoms with E-state index in [9.17, 15) is 4.79 Å². The topological polar surface area (TPSA) is 29.5 Å². The zero-order valence-corrected chi connectivity index (χ0v) is 13.5. The molecule has 0 bridgehead atoms. The summed E-state index contributed by atoms with van der Waals surface area (Å²) in [6.45, 7) is 8.01. The lowest BCUT2D eigenvalue weighted by atomic mass is 10.2. The van der Waals surface area contributed by atoms with Crippen LogP contribution in [0.15, 0.2) is 27.4 Å². The zero-order valence-electron chi connectivity index (χ0n) is 11.1. The van der Waals surface area contributed by atoms with Gasteiger partial charge in [-0.15, -0.1) is 11.3 Å². The second kappa shape index (κ2) is 6.38. The van der Waals surface area contributed by atoms with Gasteiger partial charge in [-0.1, -0.05) is 12.2 Å². The van der Waals surface area contributed by atoms with Gasteiger partial charge in [-0.3, -0.25) is 4.90 Å². The molecule has 5 heteroatoms. The average Bonchev–Trinajstić information content (AvgIpc) is 2.63. The Bertz CT molecular complexity index is 434. The molecule has 0 aliphatic carbocycles. The molecule has 1 heterocycles. The second-order valence-electron chi connectivity index (χ2n) is 4.74. The van der Waals surface area contributed by atoms with Crippen LogP contribution in [0, 0.1) is 0 Å². The minimum Gasteiger partial charge on any atom is -0.443 e. The first-order chi connectivity index (χ1) is 8.35. The number of anilines is 1. The highest BCUT2D eigenvalue weighted by Gasteiger charge is 2.24. The van der Waals surface area contributed by atoms with Crippen LogP contribution in [0.3, 0.4) is 0 Å². The predicted octanol–water partition coefficient (Wildman–Crippen LogP) is 4.83. The number of carbonyl (C=O) groups is 1. The fourth-order valence-corrected chi connectivity index (χ4v) is 2.56. The van der Waals surface area contributed by atoms with E-state index in [1.54, 1.807) is 16.2 Å². The van der Waals surface area contributed by atoms with Gasteiger partial charge in [-0.05, 0) is 55.1 Å². The van der Waals surface area contributed by atoms with E-state index in [-0.39, 0.29) is 6.09 Å². The highest BCUT2D eigenvalue weighted by molar-refractivity contribution is 9.11. The van der Waals surface area contributed by atoms with Crippen LogP contribution >= 0.6 is 27.3 Å². The second-order valence-corrected chi connectivity index (χ2v) is 6.97. The van der Waals surface area contributed by atoms with Crippen molar-refractivity contribution in [3.05, 3.63) is 27.4 Å². The number of carbonyl (C=O) groups excluding carboxylic acids is 1. The van der Waals surface area contributed by atoms with E-state index in [2.05, 4.69) is 15.9 Å². The molecule has 0 N–H and O–H groups in total. The first kappa shape index (κ1) is 15.2. The molecule has 0 saturated heterocycles. The molecule has 0 radical (unpaired) electrons. The van der Waals surface area contributed by atoms with Crippen LogP contribution in [0.4, 0.5) is 10.5 Å². The maximum Gasteiger partial charge on any atom is 0.415 e. The fourth-order valence-electron chi connectivity index (χ4n) is 1.28. The van der Waals surface area contributed by atoms with E-state index in [1.165, 1.54) is 0 Å².